The SMILES string of the molecule is CNc1ccccc1/C(O)=C1\C(=O)N[C@@H](C(C)C)C1=O. The van der Waals surface area contributed by atoms with E-state index < -0.39 is 11.9 Å². The van der Waals surface area contributed by atoms with Gasteiger partial charge in [0.1, 0.15) is 11.3 Å². The minimum absolute atomic E-state index is 0.0173. The molecule has 1 saturated heterocycles. The molecule has 0 bridgehead atoms. The van der Waals surface area contributed by atoms with Crippen LogP contribution in [-0.2, 0) is 9.59 Å². The van der Waals surface area contributed by atoms with Gasteiger partial charge in [0.2, 0.25) is 0 Å². The molecule has 1 heterocycles. The van der Waals surface area contributed by atoms with Crippen molar-refractivity contribution in [3.63, 3.8) is 0 Å². The molecule has 1 atom stereocenters. The van der Waals surface area contributed by atoms with E-state index in [1.54, 1.807) is 31.3 Å². The second-order valence-electron chi connectivity index (χ2n) is 5.08. The molecule has 0 spiro atoms. The Kier molecular flexibility index (Phi) is 3.79. The number of rotatable bonds is 3. The lowest BCUT2D eigenvalue weighted by atomic mass is 9.97. The van der Waals surface area contributed by atoms with Gasteiger partial charge in [0, 0.05) is 18.3 Å². The Bertz CT molecular complexity index is 591. The first-order valence-electron chi connectivity index (χ1n) is 6.52. The molecule has 0 saturated carbocycles. The van der Waals surface area contributed by atoms with Gasteiger partial charge in [-0.05, 0) is 18.1 Å². The summed E-state index contributed by atoms with van der Waals surface area (Å²) in [4.78, 5) is 24.2. The van der Waals surface area contributed by atoms with Gasteiger partial charge < -0.3 is 15.7 Å². The molecule has 1 amide bonds. The molecular weight excluding hydrogens is 256 g/mol. The molecule has 3 N–H and O–H groups in total. The Hall–Kier alpha value is -2.30. The van der Waals surface area contributed by atoms with Crippen molar-refractivity contribution in [1.29, 1.82) is 0 Å². The predicted octanol–water partition coefficient (Wildman–Crippen LogP) is 1.72. The Morgan fingerprint density at radius 3 is 2.50 bits per heavy atom. The standard InChI is InChI=1S/C15H18N2O3/c1-8(2)12-14(19)11(15(20)17-12)13(18)9-6-4-5-7-10(9)16-3/h4-8,12,16,18H,1-3H3,(H,17,20)/b13-11+/t12-/m0/s1. The van der Waals surface area contributed by atoms with E-state index in [-0.39, 0.29) is 23.0 Å². The average molecular weight is 274 g/mol. The smallest absolute Gasteiger partial charge is 0.259 e. The summed E-state index contributed by atoms with van der Waals surface area (Å²) < 4.78 is 0. The number of anilines is 1. The van der Waals surface area contributed by atoms with Crippen LogP contribution in [0.25, 0.3) is 5.76 Å². The van der Waals surface area contributed by atoms with Gasteiger partial charge in [-0.2, -0.15) is 0 Å². The topological polar surface area (TPSA) is 78.4 Å². The van der Waals surface area contributed by atoms with Crippen LogP contribution in [0.1, 0.15) is 19.4 Å². The quantitative estimate of drug-likeness (QED) is 0.445. The molecule has 1 aliphatic heterocycles. The van der Waals surface area contributed by atoms with E-state index in [9.17, 15) is 14.7 Å². The van der Waals surface area contributed by atoms with Crippen LogP contribution in [0, 0.1) is 5.92 Å². The molecule has 1 aliphatic rings. The number of ketones is 1. The molecule has 1 aromatic carbocycles. The van der Waals surface area contributed by atoms with E-state index in [2.05, 4.69) is 10.6 Å². The van der Waals surface area contributed by atoms with Gasteiger partial charge in [-0.25, -0.2) is 0 Å². The van der Waals surface area contributed by atoms with Crippen LogP contribution < -0.4 is 10.6 Å². The lowest BCUT2D eigenvalue weighted by Gasteiger charge is -2.11. The molecule has 5 nitrogen and oxygen atoms in total. The summed E-state index contributed by atoms with van der Waals surface area (Å²) in [5.41, 5.74) is 0.940. The van der Waals surface area contributed by atoms with Crippen molar-refractivity contribution in [2.45, 2.75) is 19.9 Å². The van der Waals surface area contributed by atoms with Gasteiger partial charge >= 0.3 is 0 Å². The molecular formula is C15H18N2O3. The molecule has 0 aliphatic carbocycles. The van der Waals surface area contributed by atoms with E-state index in [4.69, 9.17) is 0 Å². The molecule has 1 aromatic rings. The molecule has 2 rings (SSSR count). The molecule has 0 unspecified atom stereocenters. The van der Waals surface area contributed by atoms with Crippen LogP contribution in [0.4, 0.5) is 5.69 Å². The van der Waals surface area contributed by atoms with Crippen LogP contribution in [0.15, 0.2) is 29.8 Å². The van der Waals surface area contributed by atoms with Gasteiger partial charge in [0.25, 0.3) is 5.91 Å². The first-order valence-corrected chi connectivity index (χ1v) is 6.52. The zero-order chi connectivity index (χ0) is 14.9. The summed E-state index contributed by atoms with van der Waals surface area (Å²) >= 11 is 0. The first kappa shape index (κ1) is 14.1. The summed E-state index contributed by atoms with van der Waals surface area (Å²) in [6.45, 7) is 3.70. The number of Topliss-reactive ketones (excluding diaryl/α,β-unsaturated/α-hetero) is 1. The van der Waals surface area contributed by atoms with Crippen LogP contribution in [0.2, 0.25) is 0 Å². The number of hydrogen-bond acceptors (Lipinski definition) is 4. The van der Waals surface area contributed by atoms with E-state index in [1.807, 2.05) is 13.8 Å². The number of benzene rings is 1. The van der Waals surface area contributed by atoms with E-state index >= 15 is 0 Å². The Morgan fingerprint density at radius 2 is 1.95 bits per heavy atom. The molecule has 5 heteroatoms. The summed E-state index contributed by atoms with van der Waals surface area (Å²) in [5.74, 6) is -1.16. The second-order valence-corrected chi connectivity index (χ2v) is 5.08. The van der Waals surface area contributed by atoms with Gasteiger partial charge in [0.05, 0.1) is 6.04 Å². The van der Waals surface area contributed by atoms with Crippen molar-refractivity contribution in [3.8, 4) is 0 Å². The zero-order valence-electron chi connectivity index (χ0n) is 11.7. The molecule has 106 valence electrons. The summed E-state index contributed by atoms with van der Waals surface area (Å²) in [7, 11) is 1.71. The Morgan fingerprint density at radius 1 is 1.30 bits per heavy atom. The van der Waals surface area contributed by atoms with Crippen molar-refractivity contribution in [2.75, 3.05) is 12.4 Å². The van der Waals surface area contributed by atoms with Crippen molar-refractivity contribution in [2.24, 2.45) is 5.92 Å². The highest BCUT2D eigenvalue weighted by Crippen LogP contribution is 2.28. The van der Waals surface area contributed by atoms with Crippen molar-refractivity contribution >= 4 is 23.1 Å². The van der Waals surface area contributed by atoms with Crippen molar-refractivity contribution < 1.29 is 14.7 Å². The minimum Gasteiger partial charge on any atom is -0.506 e. The van der Waals surface area contributed by atoms with Crippen LogP contribution in [0.5, 0.6) is 0 Å². The van der Waals surface area contributed by atoms with E-state index in [0.29, 0.717) is 11.3 Å². The highest BCUT2D eigenvalue weighted by Gasteiger charge is 2.40. The lowest BCUT2D eigenvalue weighted by molar-refractivity contribution is -0.117. The van der Waals surface area contributed by atoms with Crippen molar-refractivity contribution in [3.05, 3.63) is 35.4 Å². The first-order chi connectivity index (χ1) is 9.47. The number of carbonyl (C=O) groups excluding carboxylic acids is 2. The predicted molar refractivity (Wildman–Crippen MR) is 77.3 cm³/mol. The molecule has 20 heavy (non-hydrogen) atoms. The third-order valence-corrected chi connectivity index (χ3v) is 3.40. The highest BCUT2D eigenvalue weighted by molar-refractivity contribution is 6.30. The monoisotopic (exact) mass is 274 g/mol. The fraction of sp³-hybridized carbons (Fsp3) is 0.333. The fourth-order valence-corrected chi connectivity index (χ4v) is 2.28. The summed E-state index contributed by atoms with van der Waals surface area (Å²) in [6.07, 6.45) is 0. The van der Waals surface area contributed by atoms with E-state index in [1.165, 1.54) is 0 Å². The third-order valence-electron chi connectivity index (χ3n) is 3.40. The summed E-state index contributed by atoms with van der Waals surface area (Å²) in [5, 5.41) is 15.9. The number of amides is 1. The minimum atomic E-state index is -0.568. The van der Waals surface area contributed by atoms with Gasteiger partial charge in [-0.3, -0.25) is 9.59 Å². The van der Waals surface area contributed by atoms with Crippen LogP contribution in [-0.4, -0.2) is 29.9 Å². The van der Waals surface area contributed by atoms with Gasteiger partial charge in [0.15, 0.2) is 5.78 Å². The Labute approximate surface area is 117 Å². The Balaban J connectivity index is 2.52. The number of aliphatic hydroxyl groups is 1. The average Bonchev–Trinajstić information content (AvgIpc) is 2.73. The summed E-state index contributed by atoms with van der Waals surface area (Å²) in [6, 6.07) is 6.41. The number of carbonyl (C=O) groups is 2. The zero-order valence-corrected chi connectivity index (χ0v) is 11.7. The highest BCUT2D eigenvalue weighted by atomic mass is 16.3. The maximum Gasteiger partial charge on any atom is 0.259 e. The number of hydrogen-bond donors (Lipinski definition) is 3. The lowest BCUT2D eigenvalue weighted by Crippen LogP contribution is -2.33. The maximum atomic E-state index is 12.3. The normalized spacial score (nSPS) is 21.1. The largest absolute Gasteiger partial charge is 0.506 e. The van der Waals surface area contributed by atoms with Crippen LogP contribution >= 0.6 is 0 Å². The van der Waals surface area contributed by atoms with Crippen LogP contribution in [0.3, 0.4) is 0 Å². The number of nitrogens with one attached hydrogen (secondary N) is 2. The maximum absolute atomic E-state index is 12.3. The fourth-order valence-electron chi connectivity index (χ4n) is 2.28. The molecule has 1 fully saturated rings. The van der Waals surface area contributed by atoms with Gasteiger partial charge in [-0.1, -0.05) is 26.0 Å². The molecule has 0 aromatic heterocycles. The number of para-hydroxylation sites is 1. The van der Waals surface area contributed by atoms with E-state index in [0.717, 1.165) is 0 Å². The second kappa shape index (κ2) is 5.36. The number of aliphatic hydroxyl groups excluding tert-OH is 1. The molecule has 0 radical (unpaired) electrons. The third kappa shape index (κ3) is 2.27. The van der Waals surface area contributed by atoms with Crippen molar-refractivity contribution in [1.82, 2.24) is 5.32 Å². The van der Waals surface area contributed by atoms with Gasteiger partial charge in [-0.15, -0.1) is 0 Å².